The molecule has 2 amide bonds. The molecule has 2 aliphatic heterocycles. The zero-order valence-corrected chi connectivity index (χ0v) is 15.2. The van der Waals surface area contributed by atoms with Crippen molar-refractivity contribution in [2.45, 2.75) is 51.6 Å². The third kappa shape index (κ3) is 2.99. The van der Waals surface area contributed by atoms with Crippen molar-refractivity contribution in [3.63, 3.8) is 0 Å². The highest BCUT2D eigenvalue weighted by molar-refractivity contribution is 5.99. The van der Waals surface area contributed by atoms with Crippen LogP contribution in [0.4, 0.5) is 10.5 Å². The number of anilines is 1. The molecule has 6 heteroatoms. The number of amides is 2. The second-order valence-corrected chi connectivity index (χ2v) is 7.78. The highest BCUT2D eigenvalue weighted by Crippen LogP contribution is 2.41. The molecular weight excluding hydrogens is 318 g/mol. The first-order valence-corrected chi connectivity index (χ1v) is 8.95. The molecule has 1 aromatic rings. The fourth-order valence-corrected chi connectivity index (χ4v) is 4.38. The van der Waals surface area contributed by atoms with E-state index in [0.717, 1.165) is 23.2 Å². The normalized spacial score (nSPS) is 26.3. The van der Waals surface area contributed by atoms with Crippen LogP contribution in [0.3, 0.4) is 0 Å². The highest BCUT2D eigenvalue weighted by Gasteiger charge is 2.42. The van der Waals surface area contributed by atoms with E-state index in [0.29, 0.717) is 31.8 Å². The smallest absolute Gasteiger partial charge is 0.408 e. The van der Waals surface area contributed by atoms with E-state index in [2.05, 4.69) is 13.8 Å². The number of carbonyl (C=O) groups is 2. The van der Waals surface area contributed by atoms with Crippen molar-refractivity contribution < 1.29 is 14.7 Å². The Balaban J connectivity index is 2.00. The Bertz CT molecular complexity index is 703. The van der Waals surface area contributed by atoms with Gasteiger partial charge in [-0.2, -0.15) is 0 Å². The van der Waals surface area contributed by atoms with Crippen molar-refractivity contribution in [1.29, 1.82) is 0 Å². The first kappa shape index (κ1) is 17.7. The van der Waals surface area contributed by atoms with Crippen molar-refractivity contribution in [2.24, 2.45) is 11.7 Å². The number of nitrogens with two attached hydrogens (primary N) is 1. The maximum absolute atomic E-state index is 12.2. The van der Waals surface area contributed by atoms with Crippen LogP contribution in [0.25, 0.3) is 0 Å². The van der Waals surface area contributed by atoms with Gasteiger partial charge in [-0.05, 0) is 55.4 Å². The van der Waals surface area contributed by atoms with Gasteiger partial charge < -0.3 is 15.7 Å². The number of carboxylic acid groups (broad SMARTS) is 1. The Kier molecular flexibility index (Phi) is 4.49. The summed E-state index contributed by atoms with van der Waals surface area (Å²) in [6.45, 7) is 7.35. The van der Waals surface area contributed by atoms with E-state index in [-0.39, 0.29) is 5.91 Å². The molecule has 25 heavy (non-hydrogen) atoms. The number of nitrogens with zero attached hydrogens (tertiary/aromatic N) is 2. The standard InChI is InChI=1S/C19H27N3O3/c1-12(2)11-19(3)15-5-4-14(21-8-7-16(20)17(21)23)10-13(15)6-9-22(19)18(24)25/h4-5,10,12,16H,6-9,11,20H2,1-3H3,(H,24,25)/t16-,19?/m0/s1. The second kappa shape index (κ2) is 6.33. The third-order valence-corrected chi connectivity index (χ3v) is 5.46. The monoisotopic (exact) mass is 345 g/mol. The minimum atomic E-state index is -0.876. The molecule has 0 saturated carbocycles. The van der Waals surface area contributed by atoms with Crippen LogP contribution >= 0.6 is 0 Å². The van der Waals surface area contributed by atoms with Gasteiger partial charge in [-0.3, -0.25) is 9.69 Å². The predicted molar refractivity (Wildman–Crippen MR) is 96.6 cm³/mol. The van der Waals surface area contributed by atoms with Crippen molar-refractivity contribution >= 4 is 17.7 Å². The molecule has 1 unspecified atom stereocenters. The second-order valence-electron chi connectivity index (χ2n) is 7.78. The van der Waals surface area contributed by atoms with Crippen LogP contribution < -0.4 is 10.6 Å². The van der Waals surface area contributed by atoms with Crippen LogP contribution in [0.5, 0.6) is 0 Å². The first-order valence-electron chi connectivity index (χ1n) is 8.95. The highest BCUT2D eigenvalue weighted by atomic mass is 16.4. The zero-order chi connectivity index (χ0) is 18.4. The van der Waals surface area contributed by atoms with Crippen LogP contribution in [0.15, 0.2) is 18.2 Å². The Hall–Kier alpha value is -2.08. The van der Waals surface area contributed by atoms with Gasteiger partial charge in [0.25, 0.3) is 0 Å². The summed E-state index contributed by atoms with van der Waals surface area (Å²) in [7, 11) is 0. The Labute approximate surface area is 148 Å². The predicted octanol–water partition coefficient (Wildman–Crippen LogP) is 2.55. The minimum Gasteiger partial charge on any atom is -0.465 e. The fourth-order valence-electron chi connectivity index (χ4n) is 4.38. The maximum Gasteiger partial charge on any atom is 0.408 e. The topological polar surface area (TPSA) is 86.9 Å². The average molecular weight is 345 g/mol. The molecule has 2 atom stereocenters. The number of benzene rings is 1. The number of fused-ring (bicyclic) bond motifs is 1. The Morgan fingerprint density at radius 2 is 2.12 bits per heavy atom. The largest absolute Gasteiger partial charge is 0.465 e. The van der Waals surface area contributed by atoms with E-state index < -0.39 is 17.7 Å². The van der Waals surface area contributed by atoms with E-state index in [1.54, 1.807) is 9.80 Å². The molecule has 0 radical (unpaired) electrons. The quantitative estimate of drug-likeness (QED) is 0.881. The van der Waals surface area contributed by atoms with Crippen molar-refractivity contribution in [1.82, 2.24) is 4.90 Å². The lowest BCUT2D eigenvalue weighted by atomic mass is 9.77. The Morgan fingerprint density at radius 3 is 2.68 bits per heavy atom. The van der Waals surface area contributed by atoms with Gasteiger partial charge in [0.1, 0.15) is 0 Å². The van der Waals surface area contributed by atoms with Gasteiger partial charge in [0.15, 0.2) is 0 Å². The van der Waals surface area contributed by atoms with Crippen LogP contribution in [0, 0.1) is 5.92 Å². The third-order valence-electron chi connectivity index (χ3n) is 5.46. The lowest BCUT2D eigenvalue weighted by Crippen LogP contribution is -2.51. The van der Waals surface area contributed by atoms with E-state index >= 15 is 0 Å². The maximum atomic E-state index is 12.2. The van der Waals surface area contributed by atoms with E-state index in [1.807, 2.05) is 25.1 Å². The molecular formula is C19H27N3O3. The van der Waals surface area contributed by atoms with Gasteiger partial charge in [-0.15, -0.1) is 0 Å². The molecule has 1 saturated heterocycles. The molecule has 0 bridgehead atoms. The van der Waals surface area contributed by atoms with Gasteiger partial charge in [-0.1, -0.05) is 19.9 Å². The molecule has 2 heterocycles. The van der Waals surface area contributed by atoms with E-state index in [4.69, 9.17) is 5.73 Å². The zero-order valence-electron chi connectivity index (χ0n) is 15.2. The Morgan fingerprint density at radius 1 is 1.40 bits per heavy atom. The van der Waals surface area contributed by atoms with Gasteiger partial charge in [-0.25, -0.2) is 4.79 Å². The van der Waals surface area contributed by atoms with E-state index in [9.17, 15) is 14.7 Å². The summed E-state index contributed by atoms with van der Waals surface area (Å²) in [5, 5.41) is 9.66. The van der Waals surface area contributed by atoms with Crippen molar-refractivity contribution in [3.8, 4) is 0 Å². The van der Waals surface area contributed by atoms with Gasteiger partial charge >= 0.3 is 6.09 Å². The molecule has 0 aliphatic carbocycles. The summed E-state index contributed by atoms with van der Waals surface area (Å²) in [5.74, 6) is 0.337. The molecule has 136 valence electrons. The van der Waals surface area contributed by atoms with Crippen LogP contribution in [0.1, 0.15) is 44.7 Å². The SMILES string of the molecule is CC(C)CC1(C)c2ccc(N3CC[C@H](N)C3=O)cc2CCN1C(=O)O. The molecule has 1 aromatic carbocycles. The number of hydrogen-bond donors (Lipinski definition) is 2. The summed E-state index contributed by atoms with van der Waals surface area (Å²) in [6.07, 6.45) is 1.23. The minimum absolute atomic E-state index is 0.0344. The molecule has 0 aromatic heterocycles. The lowest BCUT2D eigenvalue weighted by Gasteiger charge is -2.46. The molecule has 1 fully saturated rings. The summed E-state index contributed by atoms with van der Waals surface area (Å²) in [4.78, 5) is 27.3. The molecule has 6 nitrogen and oxygen atoms in total. The van der Waals surface area contributed by atoms with Crippen molar-refractivity contribution in [3.05, 3.63) is 29.3 Å². The molecule has 3 rings (SSSR count). The lowest BCUT2D eigenvalue weighted by molar-refractivity contribution is -0.118. The summed E-state index contributed by atoms with van der Waals surface area (Å²) in [6, 6.07) is 5.56. The molecule has 3 N–H and O–H groups in total. The van der Waals surface area contributed by atoms with Crippen LogP contribution in [0.2, 0.25) is 0 Å². The summed E-state index contributed by atoms with van der Waals surface area (Å²) < 4.78 is 0. The van der Waals surface area contributed by atoms with Gasteiger partial charge in [0.05, 0.1) is 11.6 Å². The average Bonchev–Trinajstić information content (AvgIpc) is 2.85. The number of hydrogen-bond acceptors (Lipinski definition) is 3. The van der Waals surface area contributed by atoms with Gasteiger partial charge in [0.2, 0.25) is 5.91 Å². The molecule has 0 spiro atoms. The van der Waals surface area contributed by atoms with Gasteiger partial charge in [0, 0.05) is 18.8 Å². The van der Waals surface area contributed by atoms with Crippen LogP contribution in [-0.2, 0) is 16.8 Å². The summed E-state index contributed by atoms with van der Waals surface area (Å²) in [5.41, 5.74) is 8.34. The number of rotatable bonds is 3. The van der Waals surface area contributed by atoms with E-state index in [1.165, 1.54) is 0 Å². The number of carbonyl (C=O) groups excluding carboxylic acids is 1. The van der Waals surface area contributed by atoms with Crippen LogP contribution in [-0.4, -0.2) is 41.1 Å². The van der Waals surface area contributed by atoms with Crippen molar-refractivity contribution in [2.75, 3.05) is 18.0 Å². The molecule has 2 aliphatic rings. The fraction of sp³-hybridized carbons (Fsp3) is 0.579. The first-order chi connectivity index (χ1) is 11.7. The summed E-state index contributed by atoms with van der Waals surface area (Å²) >= 11 is 0.